The fourth-order valence-electron chi connectivity index (χ4n) is 0. The summed E-state index contributed by atoms with van der Waals surface area (Å²) in [6.07, 6.45) is 1.75. The molecule has 10 heavy (non-hydrogen) atoms. The Labute approximate surface area is 63.8 Å². The average molecular weight is 150 g/mol. The minimum absolute atomic E-state index is 0. The zero-order valence-electron chi connectivity index (χ0n) is 7.14. The van der Waals surface area contributed by atoms with Crippen LogP contribution in [0, 0.1) is 0 Å². The molecule has 0 aromatic heterocycles. The van der Waals surface area contributed by atoms with Gasteiger partial charge in [0.15, 0.2) is 0 Å². The first kappa shape index (κ1) is 22.7. The highest BCUT2D eigenvalue weighted by atomic mass is 14.7. The molecule has 4 heteroatoms. The molecule has 0 heterocycles. The molecule has 0 saturated carbocycles. The summed E-state index contributed by atoms with van der Waals surface area (Å²) in [5.41, 5.74) is 10.2. The highest BCUT2D eigenvalue weighted by molar-refractivity contribution is 4.51. The van der Waals surface area contributed by atoms with E-state index in [0.717, 1.165) is 0 Å². The van der Waals surface area contributed by atoms with Gasteiger partial charge >= 0.3 is 0 Å². The molecule has 0 spiro atoms. The predicted molar refractivity (Wildman–Crippen MR) is 48.6 cm³/mol. The third kappa shape index (κ3) is 131. The standard InChI is InChI=1S/C3H10N2.C3H6.2H3N/c1-3(5)2-4;1-3-2;;/h3H,2,4-5H2,1H3;3H,1H2,2H3;2*1H3. The fraction of sp³-hybridized carbons (Fsp3) is 0.667. The zero-order chi connectivity index (χ0) is 6.99. The van der Waals surface area contributed by atoms with Gasteiger partial charge in [-0.2, -0.15) is 0 Å². The number of allylic oxidation sites excluding steroid dienone is 1. The molecule has 1 atom stereocenters. The van der Waals surface area contributed by atoms with Crippen LogP contribution in [0.1, 0.15) is 13.8 Å². The van der Waals surface area contributed by atoms with E-state index in [4.69, 9.17) is 11.5 Å². The monoisotopic (exact) mass is 150 g/mol. The van der Waals surface area contributed by atoms with Crippen molar-refractivity contribution >= 4 is 0 Å². The molecule has 0 saturated heterocycles. The molecule has 1 unspecified atom stereocenters. The van der Waals surface area contributed by atoms with E-state index in [1.165, 1.54) is 0 Å². The molecule has 0 amide bonds. The molecule has 0 radical (unpaired) electrons. The van der Waals surface area contributed by atoms with Gasteiger partial charge in [-0.1, -0.05) is 6.08 Å². The SMILES string of the molecule is C=CC.CC(N)CN.N.N. The number of hydrogen-bond donors (Lipinski definition) is 4. The van der Waals surface area contributed by atoms with Crippen LogP contribution in [0.5, 0.6) is 0 Å². The van der Waals surface area contributed by atoms with Crippen LogP contribution in [0.25, 0.3) is 0 Å². The highest BCUT2D eigenvalue weighted by Gasteiger charge is 1.79. The van der Waals surface area contributed by atoms with Crippen molar-refractivity contribution in [1.29, 1.82) is 0 Å². The second kappa shape index (κ2) is 23.5. The van der Waals surface area contributed by atoms with Crippen molar-refractivity contribution in [1.82, 2.24) is 12.3 Å². The van der Waals surface area contributed by atoms with Crippen LogP contribution in [-0.4, -0.2) is 12.6 Å². The Balaban J connectivity index is -0.0000000326. The van der Waals surface area contributed by atoms with Crippen LogP contribution in [0.3, 0.4) is 0 Å². The van der Waals surface area contributed by atoms with Crippen molar-refractivity contribution in [3.8, 4) is 0 Å². The lowest BCUT2D eigenvalue weighted by Crippen LogP contribution is -2.25. The first-order valence-electron chi connectivity index (χ1n) is 2.71. The second-order valence-electron chi connectivity index (χ2n) is 1.62. The Morgan fingerprint density at radius 2 is 1.60 bits per heavy atom. The van der Waals surface area contributed by atoms with Crippen LogP contribution in [0.2, 0.25) is 0 Å². The fourth-order valence-corrected chi connectivity index (χ4v) is 0. The van der Waals surface area contributed by atoms with Gasteiger partial charge in [-0.3, -0.25) is 0 Å². The Morgan fingerprint density at radius 1 is 1.50 bits per heavy atom. The zero-order valence-corrected chi connectivity index (χ0v) is 7.14. The smallest absolute Gasteiger partial charge is 0.0134 e. The van der Waals surface area contributed by atoms with Crippen LogP contribution in [0.4, 0.5) is 0 Å². The normalized spacial score (nSPS) is 8.80. The van der Waals surface area contributed by atoms with E-state index in [1.807, 2.05) is 13.8 Å². The van der Waals surface area contributed by atoms with Gasteiger partial charge in [0.05, 0.1) is 0 Å². The van der Waals surface area contributed by atoms with Gasteiger partial charge in [0.25, 0.3) is 0 Å². The summed E-state index contributed by atoms with van der Waals surface area (Å²) in [7, 11) is 0. The van der Waals surface area contributed by atoms with Crippen molar-refractivity contribution in [3.05, 3.63) is 12.7 Å². The Kier molecular flexibility index (Phi) is 53.2. The Bertz CT molecular complexity index is 45.0. The van der Waals surface area contributed by atoms with E-state index in [-0.39, 0.29) is 18.3 Å². The largest absolute Gasteiger partial charge is 0.344 e. The van der Waals surface area contributed by atoms with Gasteiger partial charge in [-0.05, 0) is 13.8 Å². The molecule has 0 bridgehead atoms. The Morgan fingerprint density at radius 3 is 1.60 bits per heavy atom. The summed E-state index contributed by atoms with van der Waals surface area (Å²) >= 11 is 0. The molecular weight excluding hydrogens is 128 g/mol. The highest BCUT2D eigenvalue weighted by Crippen LogP contribution is 1.59. The lowest BCUT2D eigenvalue weighted by molar-refractivity contribution is 0.752. The van der Waals surface area contributed by atoms with E-state index < -0.39 is 0 Å². The summed E-state index contributed by atoms with van der Waals surface area (Å²) in [6.45, 7) is 7.71. The summed E-state index contributed by atoms with van der Waals surface area (Å²) in [6, 6.07) is 0.162. The molecule has 0 aromatic carbocycles. The molecule has 10 N–H and O–H groups in total. The summed E-state index contributed by atoms with van der Waals surface area (Å²) in [4.78, 5) is 0. The number of rotatable bonds is 1. The van der Waals surface area contributed by atoms with E-state index in [0.29, 0.717) is 6.54 Å². The van der Waals surface area contributed by atoms with Crippen molar-refractivity contribution in [3.63, 3.8) is 0 Å². The maximum Gasteiger partial charge on any atom is 0.0134 e. The van der Waals surface area contributed by atoms with Crippen molar-refractivity contribution in [2.24, 2.45) is 11.5 Å². The summed E-state index contributed by atoms with van der Waals surface area (Å²) in [5, 5.41) is 0. The van der Waals surface area contributed by atoms with Crippen LogP contribution < -0.4 is 23.8 Å². The molecule has 0 aliphatic heterocycles. The van der Waals surface area contributed by atoms with Crippen molar-refractivity contribution in [2.45, 2.75) is 19.9 Å². The number of nitrogens with two attached hydrogens (primary N) is 2. The van der Waals surface area contributed by atoms with Crippen molar-refractivity contribution < 1.29 is 0 Å². The van der Waals surface area contributed by atoms with Crippen molar-refractivity contribution in [2.75, 3.05) is 6.54 Å². The topological polar surface area (TPSA) is 122 Å². The van der Waals surface area contributed by atoms with Gasteiger partial charge < -0.3 is 23.8 Å². The van der Waals surface area contributed by atoms with Gasteiger partial charge in [0.1, 0.15) is 0 Å². The van der Waals surface area contributed by atoms with Gasteiger partial charge in [-0.25, -0.2) is 0 Å². The summed E-state index contributed by atoms with van der Waals surface area (Å²) in [5.74, 6) is 0. The summed E-state index contributed by atoms with van der Waals surface area (Å²) < 4.78 is 0. The van der Waals surface area contributed by atoms with E-state index in [1.54, 1.807) is 6.08 Å². The second-order valence-corrected chi connectivity index (χ2v) is 1.62. The lowest BCUT2D eigenvalue weighted by atomic mass is 10.4. The van der Waals surface area contributed by atoms with Gasteiger partial charge in [-0.15, -0.1) is 6.58 Å². The molecule has 4 nitrogen and oxygen atoms in total. The molecular formula is C6H22N4. The maximum atomic E-state index is 5.17. The first-order valence-corrected chi connectivity index (χ1v) is 2.71. The lowest BCUT2D eigenvalue weighted by Gasteiger charge is -1.92. The molecule has 0 aromatic rings. The Hall–Kier alpha value is -0.420. The van der Waals surface area contributed by atoms with Gasteiger partial charge in [0, 0.05) is 12.6 Å². The third-order valence-corrected chi connectivity index (χ3v) is 0.372. The minimum atomic E-state index is 0. The van der Waals surface area contributed by atoms with Crippen LogP contribution in [0.15, 0.2) is 12.7 Å². The van der Waals surface area contributed by atoms with E-state index in [9.17, 15) is 0 Å². The minimum Gasteiger partial charge on any atom is -0.344 e. The molecule has 0 fully saturated rings. The van der Waals surface area contributed by atoms with Crippen LogP contribution in [-0.2, 0) is 0 Å². The maximum absolute atomic E-state index is 5.17. The van der Waals surface area contributed by atoms with E-state index in [2.05, 4.69) is 6.58 Å². The molecule has 66 valence electrons. The molecule has 0 aliphatic rings. The number of hydrogen-bond acceptors (Lipinski definition) is 4. The van der Waals surface area contributed by atoms with Crippen LogP contribution >= 0.6 is 0 Å². The van der Waals surface area contributed by atoms with E-state index >= 15 is 0 Å². The quantitative estimate of drug-likeness (QED) is 0.413. The third-order valence-electron chi connectivity index (χ3n) is 0.372. The first-order chi connectivity index (χ1) is 3.68. The van der Waals surface area contributed by atoms with Gasteiger partial charge in [0.2, 0.25) is 0 Å². The molecule has 0 rings (SSSR count). The predicted octanol–water partition coefficient (Wildman–Crippen LogP) is 0.809. The molecule has 0 aliphatic carbocycles. The average Bonchev–Trinajstić information content (AvgIpc) is 1.69.